The summed E-state index contributed by atoms with van der Waals surface area (Å²) in [5, 5.41) is 11.2. The highest BCUT2D eigenvalue weighted by Crippen LogP contribution is 2.30. The predicted molar refractivity (Wildman–Crippen MR) is 114 cm³/mol. The fourth-order valence-corrected chi connectivity index (χ4v) is 3.25. The lowest BCUT2D eigenvalue weighted by molar-refractivity contribution is -0.384. The normalized spacial score (nSPS) is 11.8. The van der Waals surface area contributed by atoms with Gasteiger partial charge in [0.25, 0.3) is 11.2 Å². The molecule has 0 saturated carbocycles. The van der Waals surface area contributed by atoms with Crippen LogP contribution in [0.3, 0.4) is 0 Å². The summed E-state index contributed by atoms with van der Waals surface area (Å²) in [4.78, 5) is 28.1. The molecule has 6 nitrogen and oxygen atoms in total. The highest BCUT2D eigenvalue weighted by atomic mass is 19.4. The molecular weight excluding hydrogens is 423 g/mol. The summed E-state index contributed by atoms with van der Waals surface area (Å²) in [6.45, 7) is 0. The van der Waals surface area contributed by atoms with Crippen molar-refractivity contribution in [3.63, 3.8) is 0 Å². The molecule has 0 spiro atoms. The molecule has 0 bridgehead atoms. The monoisotopic (exact) mass is 437 g/mol. The molecule has 0 radical (unpaired) electrons. The van der Waals surface area contributed by atoms with E-state index in [-0.39, 0.29) is 22.6 Å². The van der Waals surface area contributed by atoms with E-state index in [9.17, 15) is 28.1 Å². The fourth-order valence-electron chi connectivity index (χ4n) is 3.25. The van der Waals surface area contributed by atoms with E-state index in [1.165, 1.54) is 42.5 Å². The van der Waals surface area contributed by atoms with Crippen molar-refractivity contribution in [2.75, 3.05) is 0 Å². The Bertz CT molecular complexity index is 1430. The first-order valence-corrected chi connectivity index (χ1v) is 9.36. The Morgan fingerprint density at radius 1 is 0.938 bits per heavy atom. The van der Waals surface area contributed by atoms with E-state index in [1.54, 1.807) is 30.3 Å². The molecule has 0 aliphatic carbocycles. The summed E-state index contributed by atoms with van der Waals surface area (Å²) in [5.74, 6) is 0.0829. The van der Waals surface area contributed by atoms with Crippen molar-refractivity contribution in [3.05, 3.63) is 110 Å². The van der Waals surface area contributed by atoms with Crippen LogP contribution in [0.4, 0.5) is 18.9 Å². The smallest absolute Gasteiger partial charge is 0.268 e. The van der Waals surface area contributed by atoms with Gasteiger partial charge in [0.15, 0.2) is 0 Å². The molecule has 0 fully saturated rings. The van der Waals surface area contributed by atoms with Crippen LogP contribution in [0, 0.1) is 10.1 Å². The molecule has 0 amide bonds. The standard InChI is InChI=1S/C23H14F3N3O3/c24-23(25,26)16-6-4-7-17(14-16)28-21(27-20-10-2-1-9-19(20)22(28)30)12-11-15-5-3-8-18(13-15)29(31)32/h1-14H. The molecule has 0 aliphatic rings. The van der Waals surface area contributed by atoms with Gasteiger partial charge in [0.05, 0.1) is 27.1 Å². The van der Waals surface area contributed by atoms with Gasteiger partial charge in [-0.3, -0.25) is 19.5 Å². The minimum atomic E-state index is -4.58. The third-order valence-corrected chi connectivity index (χ3v) is 4.74. The maximum atomic E-state index is 13.2. The fraction of sp³-hybridized carbons (Fsp3) is 0.0435. The van der Waals surface area contributed by atoms with Crippen LogP contribution in [0.2, 0.25) is 0 Å². The molecule has 0 N–H and O–H groups in total. The van der Waals surface area contributed by atoms with E-state index in [2.05, 4.69) is 4.98 Å². The number of hydrogen-bond donors (Lipinski definition) is 0. The van der Waals surface area contributed by atoms with Gasteiger partial charge in [0, 0.05) is 12.1 Å². The van der Waals surface area contributed by atoms with Crippen molar-refractivity contribution in [1.82, 2.24) is 9.55 Å². The Balaban J connectivity index is 1.92. The molecule has 160 valence electrons. The Morgan fingerprint density at radius 3 is 2.44 bits per heavy atom. The summed E-state index contributed by atoms with van der Waals surface area (Å²) < 4.78 is 40.8. The van der Waals surface area contributed by atoms with Gasteiger partial charge in [-0.15, -0.1) is 0 Å². The number of rotatable bonds is 4. The van der Waals surface area contributed by atoms with Gasteiger partial charge in [-0.25, -0.2) is 4.98 Å². The number of non-ortho nitro benzene ring substituents is 1. The SMILES string of the molecule is O=c1c2ccccc2nc(C=Cc2cccc([N+](=O)[O-])c2)n1-c1cccc(C(F)(F)F)c1. The van der Waals surface area contributed by atoms with Crippen LogP contribution in [-0.2, 0) is 6.18 Å². The van der Waals surface area contributed by atoms with Gasteiger partial charge in [-0.1, -0.05) is 36.4 Å². The zero-order valence-corrected chi connectivity index (χ0v) is 16.3. The van der Waals surface area contributed by atoms with Gasteiger partial charge in [0.1, 0.15) is 5.82 Å². The van der Waals surface area contributed by atoms with Crippen molar-refractivity contribution in [1.29, 1.82) is 0 Å². The van der Waals surface area contributed by atoms with Crippen molar-refractivity contribution in [2.45, 2.75) is 6.18 Å². The quantitative estimate of drug-likeness (QED) is 0.313. The average Bonchev–Trinajstić information content (AvgIpc) is 2.77. The van der Waals surface area contributed by atoms with Gasteiger partial charge >= 0.3 is 6.18 Å². The van der Waals surface area contributed by atoms with Crippen LogP contribution < -0.4 is 5.56 Å². The van der Waals surface area contributed by atoms with Crippen LogP contribution >= 0.6 is 0 Å². The van der Waals surface area contributed by atoms with Crippen molar-refractivity contribution in [3.8, 4) is 5.69 Å². The van der Waals surface area contributed by atoms with Crippen molar-refractivity contribution < 1.29 is 18.1 Å². The summed E-state index contributed by atoms with van der Waals surface area (Å²) in [7, 11) is 0. The third-order valence-electron chi connectivity index (χ3n) is 4.74. The highest BCUT2D eigenvalue weighted by Gasteiger charge is 2.30. The van der Waals surface area contributed by atoms with E-state index in [4.69, 9.17) is 0 Å². The van der Waals surface area contributed by atoms with E-state index < -0.39 is 22.2 Å². The number of benzene rings is 3. The largest absolute Gasteiger partial charge is 0.416 e. The summed E-state index contributed by atoms with van der Waals surface area (Å²) in [5.41, 5.74) is -0.704. The lowest BCUT2D eigenvalue weighted by Gasteiger charge is -2.13. The lowest BCUT2D eigenvalue weighted by Crippen LogP contribution is -2.22. The molecule has 4 rings (SSSR count). The van der Waals surface area contributed by atoms with Crippen LogP contribution in [0.15, 0.2) is 77.6 Å². The zero-order chi connectivity index (χ0) is 22.9. The number of para-hydroxylation sites is 1. The Morgan fingerprint density at radius 2 is 1.69 bits per heavy atom. The van der Waals surface area contributed by atoms with Gasteiger partial charge in [-0.05, 0) is 42.0 Å². The van der Waals surface area contributed by atoms with E-state index in [1.807, 2.05) is 0 Å². The maximum absolute atomic E-state index is 13.2. The second kappa shape index (κ2) is 8.10. The predicted octanol–water partition coefficient (Wildman–Crippen LogP) is 5.48. The van der Waals surface area contributed by atoms with Crippen LogP contribution in [0.5, 0.6) is 0 Å². The average molecular weight is 437 g/mol. The summed E-state index contributed by atoms with van der Waals surface area (Å²) in [6, 6.07) is 16.7. The number of nitrogens with zero attached hydrogens (tertiary/aromatic N) is 3. The first-order valence-electron chi connectivity index (χ1n) is 9.36. The first-order chi connectivity index (χ1) is 15.2. The Hall–Kier alpha value is -4.27. The van der Waals surface area contributed by atoms with E-state index >= 15 is 0 Å². The molecule has 1 aromatic heterocycles. The molecule has 3 aromatic carbocycles. The molecular formula is C23H14F3N3O3. The molecule has 1 heterocycles. The second-order valence-corrected chi connectivity index (χ2v) is 6.86. The molecule has 9 heteroatoms. The van der Waals surface area contributed by atoms with Crippen LogP contribution in [0.1, 0.15) is 17.0 Å². The topological polar surface area (TPSA) is 78.0 Å². The minimum Gasteiger partial charge on any atom is -0.268 e. The van der Waals surface area contributed by atoms with Crippen LogP contribution in [0.25, 0.3) is 28.7 Å². The number of aromatic nitrogens is 2. The van der Waals surface area contributed by atoms with Gasteiger partial charge in [0.2, 0.25) is 0 Å². The number of halogens is 3. The van der Waals surface area contributed by atoms with Crippen molar-refractivity contribution in [2.24, 2.45) is 0 Å². The highest BCUT2D eigenvalue weighted by molar-refractivity contribution is 5.80. The minimum absolute atomic E-state index is 0.00164. The van der Waals surface area contributed by atoms with Crippen molar-refractivity contribution >= 4 is 28.7 Å². The molecule has 32 heavy (non-hydrogen) atoms. The molecule has 0 atom stereocenters. The lowest BCUT2D eigenvalue weighted by atomic mass is 10.1. The molecule has 0 saturated heterocycles. The number of hydrogen-bond acceptors (Lipinski definition) is 4. The zero-order valence-electron chi connectivity index (χ0n) is 16.3. The third kappa shape index (κ3) is 4.13. The molecule has 0 unspecified atom stereocenters. The van der Waals surface area contributed by atoms with E-state index in [0.717, 1.165) is 16.7 Å². The Kier molecular flexibility index (Phi) is 5.31. The Labute approximate surface area is 179 Å². The number of fused-ring (bicyclic) bond motifs is 1. The number of nitro groups is 1. The second-order valence-electron chi connectivity index (χ2n) is 6.86. The summed E-state index contributed by atoms with van der Waals surface area (Å²) >= 11 is 0. The van der Waals surface area contributed by atoms with E-state index in [0.29, 0.717) is 11.1 Å². The van der Waals surface area contributed by atoms with Gasteiger partial charge < -0.3 is 0 Å². The number of nitro benzene ring substituents is 1. The summed E-state index contributed by atoms with van der Waals surface area (Å²) in [6.07, 6.45) is -1.64. The number of alkyl halides is 3. The maximum Gasteiger partial charge on any atom is 0.416 e. The van der Waals surface area contributed by atoms with Gasteiger partial charge in [-0.2, -0.15) is 13.2 Å². The molecule has 0 aliphatic heterocycles. The first kappa shape index (κ1) is 21.0. The molecule has 4 aromatic rings. The van der Waals surface area contributed by atoms with Crippen LogP contribution in [-0.4, -0.2) is 14.5 Å².